The highest BCUT2D eigenvalue weighted by Crippen LogP contribution is 2.57. The molecule has 3 rings (SSSR count). The van der Waals surface area contributed by atoms with Gasteiger partial charge in [-0.1, -0.05) is 6.42 Å². The number of anilines is 1. The molecule has 0 saturated heterocycles. The molecule has 1 aromatic rings. The van der Waals surface area contributed by atoms with Gasteiger partial charge in [-0.15, -0.1) is 0 Å². The molecule has 2 aliphatic rings. The number of carboxylic acids is 1. The number of carboxylic acid groups (broad SMARTS) is 1. The van der Waals surface area contributed by atoms with E-state index in [9.17, 15) is 14.7 Å². The van der Waals surface area contributed by atoms with Crippen LogP contribution < -0.4 is 5.32 Å². The molecule has 2 saturated carbocycles. The maximum absolute atomic E-state index is 12.0. The van der Waals surface area contributed by atoms with Crippen molar-refractivity contribution in [2.75, 3.05) is 5.32 Å². The van der Waals surface area contributed by atoms with E-state index in [-0.39, 0.29) is 23.1 Å². The van der Waals surface area contributed by atoms with E-state index in [0.717, 1.165) is 12.8 Å². The van der Waals surface area contributed by atoms with Crippen molar-refractivity contribution in [3.05, 3.63) is 23.8 Å². The fourth-order valence-electron chi connectivity index (χ4n) is 3.22. The van der Waals surface area contributed by atoms with Crippen LogP contribution in [0.5, 0.6) is 5.75 Å². The molecule has 5 heteroatoms. The minimum Gasteiger partial charge on any atom is -0.507 e. The first-order chi connectivity index (χ1) is 9.08. The lowest BCUT2D eigenvalue weighted by Gasteiger charge is -2.08. The maximum Gasteiger partial charge on any atom is 0.339 e. The highest BCUT2D eigenvalue weighted by atomic mass is 16.4. The third-order valence-electron chi connectivity index (χ3n) is 4.20. The second-order valence-corrected chi connectivity index (χ2v) is 5.31. The van der Waals surface area contributed by atoms with Crippen molar-refractivity contribution in [3.63, 3.8) is 0 Å². The lowest BCUT2D eigenvalue weighted by Crippen LogP contribution is -2.16. The number of hydrogen-bond donors (Lipinski definition) is 3. The van der Waals surface area contributed by atoms with Gasteiger partial charge in [0.1, 0.15) is 11.3 Å². The van der Waals surface area contributed by atoms with E-state index in [1.165, 1.54) is 24.6 Å². The standard InChI is InChI=1S/C14H15NO4/c16-11-5-4-7(6-10(11)14(18)19)15-13(17)12-8-2-1-3-9(8)12/h4-6,8-9,12,16H,1-3H2,(H,15,17)(H,18,19). The van der Waals surface area contributed by atoms with E-state index in [1.54, 1.807) is 0 Å². The summed E-state index contributed by atoms with van der Waals surface area (Å²) in [7, 11) is 0. The molecule has 0 radical (unpaired) electrons. The summed E-state index contributed by atoms with van der Waals surface area (Å²) in [6, 6.07) is 4.08. The minimum absolute atomic E-state index is 0.0308. The quantitative estimate of drug-likeness (QED) is 0.727. The summed E-state index contributed by atoms with van der Waals surface area (Å²) in [5, 5.41) is 21.0. The van der Waals surface area contributed by atoms with Crippen LogP contribution in [0.15, 0.2) is 18.2 Å². The fourth-order valence-corrected chi connectivity index (χ4v) is 3.22. The molecule has 5 nitrogen and oxygen atoms in total. The van der Waals surface area contributed by atoms with Crippen molar-refractivity contribution in [1.82, 2.24) is 0 Å². The lowest BCUT2D eigenvalue weighted by atomic mass is 10.1. The average Bonchev–Trinajstić information content (AvgIpc) is 2.85. The third kappa shape index (κ3) is 2.05. The molecular weight excluding hydrogens is 246 g/mol. The highest BCUT2D eigenvalue weighted by Gasteiger charge is 2.56. The number of fused-ring (bicyclic) bond motifs is 1. The van der Waals surface area contributed by atoms with Gasteiger partial charge in [0, 0.05) is 11.6 Å². The van der Waals surface area contributed by atoms with E-state index in [2.05, 4.69) is 5.32 Å². The first-order valence-electron chi connectivity index (χ1n) is 6.45. The average molecular weight is 261 g/mol. The monoisotopic (exact) mass is 261 g/mol. The van der Waals surface area contributed by atoms with Crippen molar-refractivity contribution < 1.29 is 19.8 Å². The largest absolute Gasteiger partial charge is 0.507 e. The van der Waals surface area contributed by atoms with Crippen LogP contribution in [0.1, 0.15) is 29.6 Å². The van der Waals surface area contributed by atoms with Crippen LogP contribution in [0.25, 0.3) is 0 Å². The minimum atomic E-state index is -1.21. The molecule has 0 aromatic heterocycles. The molecule has 2 atom stereocenters. The van der Waals surface area contributed by atoms with Crippen LogP contribution in [0.3, 0.4) is 0 Å². The second kappa shape index (κ2) is 4.26. The van der Waals surface area contributed by atoms with Crippen molar-refractivity contribution in [2.45, 2.75) is 19.3 Å². The summed E-state index contributed by atoms with van der Waals surface area (Å²) in [5.74, 6) is -0.398. The van der Waals surface area contributed by atoms with Gasteiger partial charge in [-0.25, -0.2) is 4.79 Å². The topological polar surface area (TPSA) is 86.6 Å². The zero-order chi connectivity index (χ0) is 13.6. The van der Waals surface area contributed by atoms with Gasteiger partial charge >= 0.3 is 5.97 Å². The summed E-state index contributed by atoms with van der Waals surface area (Å²) < 4.78 is 0. The molecule has 2 aliphatic carbocycles. The molecule has 2 unspecified atom stereocenters. The van der Waals surface area contributed by atoms with Crippen LogP contribution in [0.2, 0.25) is 0 Å². The Morgan fingerprint density at radius 2 is 1.89 bits per heavy atom. The molecule has 1 amide bonds. The number of carbonyl (C=O) groups is 2. The Morgan fingerprint density at radius 1 is 1.21 bits per heavy atom. The van der Waals surface area contributed by atoms with E-state index in [0.29, 0.717) is 17.5 Å². The van der Waals surface area contributed by atoms with Crippen LogP contribution in [0, 0.1) is 17.8 Å². The third-order valence-corrected chi connectivity index (χ3v) is 4.20. The summed E-state index contributed by atoms with van der Waals surface area (Å²) in [4.78, 5) is 22.9. The SMILES string of the molecule is O=C(O)c1cc(NC(=O)C2C3CCCC32)ccc1O. The van der Waals surface area contributed by atoms with E-state index in [4.69, 9.17) is 5.11 Å². The van der Waals surface area contributed by atoms with Crippen molar-refractivity contribution in [3.8, 4) is 5.75 Å². The molecule has 2 fully saturated rings. The predicted octanol–water partition coefficient (Wildman–Crippen LogP) is 2.07. The summed E-state index contributed by atoms with van der Waals surface area (Å²) >= 11 is 0. The van der Waals surface area contributed by atoms with Crippen LogP contribution in [0.4, 0.5) is 5.69 Å². The molecule has 0 bridgehead atoms. The summed E-state index contributed by atoms with van der Waals surface area (Å²) in [6.45, 7) is 0. The smallest absolute Gasteiger partial charge is 0.339 e. The summed E-state index contributed by atoms with van der Waals surface area (Å²) in [5.41, 5.74) is 0.221. The Balaban J connectivity index is 1.71. The van der Waals surface area contributed by atoms with Gasteiger partial charge in [0.25, 0.3) is 0 Å². The predicted molar refractivity (Wildman–Crippen MR) is 68.0 cm³/mol. The number of nitrogens with one attached hydrogen (secondary N) is 1. The van der Waals surface area contributed by atoms with Gasteiger partial charge in [0.2, 0.25) is 5.91 Å². The number of aromatic carboxylic acids is 1. The van der Waals surface area contributed by atoms with Crippen LogP contribution in [-0.2, 0) is 4.79 Å². The number of benzene rings is 1. The van der Waals surface area contributed by atoms with Gasteiger partial charge < -0.3 is 15.5 Å². The van der Waals surface area contributed by atoms with Crippen molar-refractivity contribution >= 4 is 17.6 Å². The Bertz CT molecular complexity index is 544. The van der Waals surface area contributed by atoms with Gasteiger partial charge in [0.15, 0.2) is 0 Å². The first kappa shape index (κ1) is 12.0. The number of phenols is 1. The normalized spacial score (nSPS) is 27.7. The second-order valence-electron chi connectivity index (χ2n) is 5.31. The summed E-state index contributed by atoms with van der Waals surface area (Å²) in [6.07, 6.45) is 3.46. The zero-order valence-electron chi connectivity index (χ0n) is 10.3. The van der Waals surface area contributed by atoms with Crippen molar-refractivity contribution in [1.29, 1.82) is 0 Å². The lowest BCUT2D eigenvalue weighted by molar-refractivity contribution is -0.118. The van der Waals surface area contributed by atoms with E-state index in [1.807, 2.05) is 0 Å². The Labute approximate surface area is 110 Å². The van der Waals surface area contributed by atoms with Crippen LogP contribution in [-0.4, -0.2) is 22.1 Å². The van der Waals surface area contributed by atoms with Crippen molar-refractivity contribution in [2.24, 2.45) is 17.8 Å². The highest BCUT2D eigenvalue weighted by molar-refractivity contribution is 5.97. The molecule has 100 valence electrons. The molecule has 0 heterocycles. The number of aromatic hydroxyl groups is 1. The van der Waals surface area contributed by atoms with E-state index >= 15 is 0 Å². The van der Waals surface area contributed by atoms with Gasteiger partial charge in [-0.05, 0) is 42.9 Å². The Hall–Kier alpha value is -2.04. The first-order valence-corrected chi connectivity index (χ1v) is 6.45. The number of carbonyl (C=O) groups excluding carboxylic acids is 1. The zero-order valence-corrected chi connectivity index (χ0v) is 10.3. The molecule has 0 spiro atoms. The van der Waals surface area contributed by atoms with Gasteiger partial charge in [0.05, 0.1) is 0 Å². The Kier molecular flexibility index (Phi) is 2.69. The van der Waals surface area contributed by atoms with Gasteiger partial charge in [-0.3, -0.25) is 4.79 Å². The van der Waals surface area contributed by atoms with E-state index < -0.39 is 5.97 Å². The molecule has 1 aromatic carbocycles. The molecular formula is C14H15NO4. The molecule has 0 aliphatic heterocycles. The maximum atomic E-state index is 12.0. The number of hydrogen-bond acceptors (Lipinski definition) is 3. The number of rotatable bonds is 3. The van der Waals surface area contributed by atoms with Crippen LogP contribution >= 0.6 is 0 Å². The Morgan fingerprint density at radius 3 is 2.53 bits per heavy atom. The fraction of sp³-hybridized carbons (Fsp3) is 0.429. The number of amides is 1. The molecule has 3 N–H and O–H groups in total. The van der Waals surface area contributed by atoms with Gasteiger partial charge in [-0.2, -0.15) is 0 Å². The molecule has 19 heavy (non-hydrogen) atoms.